The SMILES string of the molecule is C=C[C@@H]1CCC[C@H]2CN21. The Hall–Kier alpha value is -0.300. The highest BCUT2D eigenvalue weighted by Gasteiger charge is 2.40. The molecule has 2 rings (SSSR count). The topological polar surface area (TPSA) is 3.01 Å². The van der Waals surface area contributed by atoms with Crippen molar-refractivity contribution in [3.05, 3.63) is 12.7 Å². The Morgan fingerprint density at radius 1 is 1.44 bits per heavy atom. The van der Waals surface area contributed by atoms with Gasteiger partial charge < -0.3 is 0 Å². The van der Waals surface area contributed by atoms with Gasteiger partial charge in [0.25, 0.3) is 0 Å². The number of hydrogen-bond donors (Lipinski definition) is 0. The monoisotopic (exact) mass is 123 g/mol. The third kappa shape index (κ3) is 0.799. The molecule has 0 saturated carbocycles. The molecule has 1 nitrogen and oxygen atoms in total. The fourth-order valence-corrected chi connectivity index (χ4v) is 1.84. The summed E-state index contributed by atoms with van der Waals surface area (Å²) in [4.78, 5) is 2.54. The first kappa shape index (κ1) is 5.48. The summed E-state index contributed by atoms with van der Waals surface area (Å²) in [5.74, 6) is 0. The third-order valence-electron chi connectivity index (χ3n) is 2.49. The normalized spacial score (nSPS) is 47.8. The molecule has 1 heteroatoms. The lowest BCUT2D eigenvalue weighted by Gasteiger charge is -2.19. The Labute approximate surface area is 56.4 Å². The lowest BCUT2D eigenvalue weighted by atomic mass is 10.1. The Balaban J connectivity index is 2.00. The molecule has 0 bridgehead atoms. The van der Waals surface area contributed by atoms with Crippen LogP contribution in [-0.4, -0.2) is 23.5 Å². The molecule has 50 valence electrons. The zero-order chi connectivity index (χ0) is 6.27. The van der Waals surface area contributed by atoms with Gasteiger partial charge >= 0.3 is 0 Å². The van der Waals surface area contributed by atoms with Gasteiger partial charge in [-0.25, -0.2) is 0 Å². The molecule has 0 spiro atoms. The van der Waals surface area contributed by atoms with Crippen LogP contribution >= 0.6 is 0 Å². The minimum absolute atomic E-state index is 0.726. The second-order valence-electron chi connectivity index (χ2n) is 3.08. The van der Waals surface area contributed by atoms with Gasteiger partial charge in [0.1, 0.15) is 0 Å². The van der Waals surface area contributed by atoms with E-state index in [2.05, 4.69) is 17.6 Å². The van der Waals surface area contributed by atoms with Crippen molar-refractivity contribution in [2.45, 2.75) is 31.3 Å². The van der Waals surface area contributed by atoms with E-state index in [0.717, 1.165) is 12.1 Å². The molecular weight excluding hydrogens is 110 g/mol. The van der Waals surface area contributed by atoms with Crippen LogP contribution in [0.1, 0.15) is 19.3 Å². The van der Waals surface area contributed by atoms with E-state index in [1.807, 2.05) is 0 Å². The predicted octanol–water partition coefficient (Wildman–Crippen LogP) is 1.41. The maximum atomic E-state index is 3.82. The fourth-order valence-electron chi connectivity index (χ4n) is 1.84. The first-order chi connectivity index (χ1) is 4.42. The van der Waals surface area contributed by atoms with Gasteiger partial charge in [-0.2, -0.15) is 0 Å². The van der Waals surface area contributed by atoms with Gasteiger partial charge in [-0.05, 0) is 19.3 Å². The zero-order valence-electron chi connectivity index (χ0n) is 5.71. The number of hydrogen-bond acceptors (Lipinski definition) is 1. The summed E-state index contributed by atoms with van der Waals surface area (Å²) in [5.41, 5.74) is 0. The minimum Gasteiger partial charge on any atom is -0.291 e. The standard InChI is InChI=1S/C8H13N/c1-2-7-4-3-5-8-6-9(7)8/h2,7-8H,1,3-6H2/t7-,8+,9?/m1/s1. The molecule has 1 unspecified atom stereocenters. The van der Waals surface area contributed by atoms with Crippen LogP contribution in [0.2, 0.25) is 0 Å². The summed E-state index contributed by atoms with van der Waals surface area (Å²) in [6.45, 7) is 5.16. The van der Waals surface area contributed by atoms with Crippen molar-refractivity contribution in [2.75, 3.05) is 6.54 Å². The molecule has 2 aliphatic rings. The second kappa shape index (κ2) is 1.84. The van der Waals surface area contributed by atoms with Gasteiger partial charge in [0.2, 0.25) is 0 Å². The van der Waals surface area contributed by atoms with Crippen LogP contribution in [0.3, 0.4) is 0 Å². The average Bonchev–Trinajstić information content (AvgIpc) is 2.64. The quantitative estimate of drug-likeness (QED) is 0.376. The van der Waals surface area contributed by atoms with Crippen molar-refractivity contribution < 1.29 is 0 Å². The molecule has 2 fully saturated rings. The van der Waals surface area contributed by atoms with Gasteiger partial charge in [0.15, 0.2) is 0 Å². The maximum absolute atomic E-state index is 3.82. The maximum Gasteiger partial charge on any atom is 0.0279 e. The van der Waals surface area contributed by atoms with E-state index in [9.17, 15) is 0 Å². The first-order valence-corrected chi connectivity index (χ1v) is 3.80. The molecule has 0 aromatic rings. The van der Waals surface area contributed by atoms with Gasteiger partial charge in [-0.1, -0.05) is 6.08 Å². The molecule has 2 aliphatic heterocycles. The van der Waals surface area contributed by atoms with E-state index >= 15 is 0 Å². The lowest BCUT2D eigenvalue weighted by molar-refractivity contribution is 0.343. The molecule has 0 N–H and O–H groups in total. The summed E-state index contributed by atoms with van der Waals surface area (Å²) in [6.07, 6.45) is 6.29. The van der Waals surface area contributed by atoms with Crippen molar-refractivity contribution in [3.8, 4) is 0 Å². The Kier molecular flexibility index (Phi) is 1.12. The first-order valence-electron chi connectivity index (χ1n) is 3.80. The zero-order valence-corrected chi connectivity index (χ0v) is 5.71. The predicted molar refractivity (Wildman–Crippen MR) is 38.3 cm³/mol. The highest BCUT2D eigenvalue weighted by Crippen LogP contribution is 2.33. The van der Waals surface area contributed by atoms with Gasteiger partial charge in [-0.15, -0.1) is 6.58 Å². The number of piperidine rings is 1. The van der Waals surface area contributed by atoms with Gasteiger partial charge in [-0.3, -0.25) is 4.90 Å². The summed E-state index contributed by atoms with van der Waals surface area (Å²) in [5, 5.41) is 0. The van der Waals surface area contributed by atoms with Crippen LogP contribution in [0.4, 0.5) is 0 Å². The van der Waals surface area contributed by atoms with Crippen molar-refractivity contribution in [1.29, 1.82) is 0 Å². The van der Waals surface area contributed by atoms with E-state index in [-0.39, 0.29) is 0 Å². The van der Waals surface area contributed by atoms with Gasteiger partial charge in [0, 0.05) is 18.6 Å². The van der Waals surface area contributed by atoms with Crippen molar-refractivity contribution >= 4 is 0 Å². The van der Waals surface area contributed by atoms with E-state index in [1.54, 1.807) is 0 Å². The Morgan fingerprint density at radius 2 is 2.33 bits per heavy atom. The molecule has 9 heavy (non-hydrogen) atoms. The largest absolute Gasteiger partial charge is 0.291 e. The molecule has 3 atom stereocenters. The molecule has 0 radical (unpaired) electrons. The van der Waals surface area contributed by atoms with Crippen LogP contribution in [0.5, 0.6) is 0 Å². The second-order valence-corrected chi connectivity index (χ2v) is 3.08. The molecular formula is C8H13N. The van der Waals surface area contributed by atoms with Crippen LogP contribution < -0.4 is 0 Å². The average molecular weight is 123 g/mol. The molecule has 0 aliphatic carbocycles. The smallest absolute Gasteiger partial charge is 0.0279 e. The fraction of sp³-hybridized carbons (Fsp3) is 0.750. The van der Waals surface area contributed by atoms with Crippen LogP contribution in [0, 0.1) is 0 Å². The highest BCUT2D eigenvalue weighted by atomic mass is 15.3. The van der Waals surface area contributed by atoms with E-state index in [0.29, 0.717) is 0 Å². The van der Waals surface area contributed by atoms with Crippen molar-refractivity contribution in [3.63, 3.8) is 0 Å². The Bertz CT molecular complexity index is 131. The summed E-state index contributed by atoms with van der Waals surface area (Å²) in [7, 11) is 0. The summed E-state index contributed by atoms with van der Waals surface area (Å²) in [6, 6.07) is 1.67. The highest BCUT2D eigenvalue weighted by molar-refractivity contribution is 5.03. The Morgan fingerprint density at radius 3 is 3.00 bits per heavy atom. The summed E-state index contributed by atoms with van der Waals surface area (Å²) < 4.78 is 0. The molecule has 0 aromatic carbocycles. The van der Waals surface area contributed by atoms with Crippen molar-refractivity contribution in [1.82, 2.24) is 4.90 Å². The van der Waals surface area contributed by atoms with Crippen molar-refractivity contribution in [2.24, 2.45) is 0 Å². The third-order valence-corrected chi connectivity index (χ3v) is 2.49. The molecule has 0 amide bonds. The number of rotatable bonds is 1. The van der Waals surface area contributed by atoms with Gasteiger partial charge in [0.05, 0.1) is 0 Å². The van der Waals surface area contributed by atoms with Crippen LogP contribution in [0.25, 0.3) is 0 Å². The minimum atomic E-state index is 0.726. The molecule has 2 heterocycles. The van der Waals surface area contributed by atoms with E-state index < -0.39 is 0 Å². The lowest BCUT2D eigenvalue weighted by Crippen LogP contribution is -2.21. The number of fused-ring (bicyclic) bond motifs is 1. The number of nitrogens with zero attached hydrogens (tertiary/aromatic N) is 1. The van der Waals surface area contributed by atoms with E-state index in [4.69, 9.17) is 0 Å². The molecule has 2 saturated heterocycles. The van der Waals surface area contributed by atoms with E-state index in [1.165, 1.54) is 25.8 Å². The molecule has 0 aromatic heterocycles. The van der Waals surface area contributed by atoms with Crippen LogP contribution in [0.15, 0.2) is 12.7 Å². The van der Waals surface area contributed by atoms with Crippen LogP contribution in [-0.2, 0) is 0 Å². The summed E-state index contributed by atoms with van der Waals surface area (Å²) >= 11 is 0.